The number of carbonyl (C=O) groups is 1. The van der Waals surface area contributed by atoms with Crippen LogP contribution in [-0.2, 0) is 11.3 Å². The van der Waals surface area contributed by atoms with Gasteiger partial charge in [-0.3, -0.25) is 14.7 Å². The SMILES string of the molecule is CN(C)C(=O)COc1cccc(Cn2ncc3ccc(-c4cn[nH]c4)cc3c2=O)c1. The number of rotatable bonds is 6. The Morgan fingerprint density at radius 3 is 2.77 bits per heavy atom. The Kier molecular flexibility index (Phi) is 5.30. The van der Waals surface area contributed by atoms with Crippen LogP contribution in [0.3, 0.4) is 0 Å². The fourth-order valence-electron chi connectivity index (χ4n) is 3.06. The first-order valence-corrected chi connectivity index (χ1v) is 9.42. The lowest BCUT2D eigenvalue weighted by Crippen LogP contribution is -2.27. The molecule has 30 heavy (non-hydrogen) atoms. The molecule has 2 aromatic heterocycles. The Balaban J connectivity index is 1.59. The molecule has 0 spiro atoms. The first-order chi connectivity index (χ1) is 14.5. The van der Waals surface area contributed by atoms with Crippen LogP contribution in [-0.4, -0.2) is 51.5 Å². The van der Waals surface area contributed by atoms with Gasteiger partial charge < -0.3 is 9.64 Å². The maximum Gasteiger partial charge on any atom is 0.274 e. The van der Waals surface area contributed by atoms with Crippen LogP contribution >= 0.6 is 0 Å². The number of nitrogens with one attached hydrogen (secondary N) is 1. The minimum atomic E-state index is -0.174. The molecular weight excluding hydrogens is 382 g/mol. The van der Waals surface area contributed by atoms with Gasteiger partial charge in [0.05, 0.1) is 24.3 Å². The van der Waals surface area contributed by atoms with Gasteiger partial charge in [0.2, 0.25) is 0 Å². The van der Waals surface area contributed by atoms with Crippen molar-refractivity contribution in [3.63, 3.8) is 0 Å². The Bertz CT molecular complexity index is 1250. The van der Waals surface area contributed by atoms with Crippen molar-refractivity contribution in [2.24, 2.45) is 0 Å². The summed E-state index contributed by atoms with van der Waals surface area (Å²) in [6, 6.07) is 13.0. The summed E-state index contributed by atoms with van der Waals surface area (Å²) in [6.45, 7) is 0.255. The normalized spacial score (nSPS) is 10.9. The van der Waals surface area contributed by atoms with Gasteiger partial charge in [-0.1, -0.05) is 24.3 Å². The van der Waals surface area contributed by atoms with E-state index in [4.69, 9.17) is 4.74 Å². The van der Waals surface area contributed by atoms with Crippen LogP contribution in [0.5, 0.6) is 5.75 Å². The third kappa shape index (κ3) is 4.07. The number of hydrogen-bond acceptors (Lipinski definition) is 5. The van der Waals surface area contributed by atoms with E-state index < -0.39 is 0 Å². The maximum absolute atomic E-state index is 13.0. The van der Waals surface area contributed by atoms with Crippen LogP contribution in [0.15, 0.2) is 65.8 Å². The van der Waals surface area contributed by atoms with Crippen molar-refractivity contribution in [2.45, 2.75) is 6.54 Å². The summed E-state index contributed by atoms with van der Waals surface area (Å²) < 4.78 is 6.98. The summed E-state index contributed by atoms with van der Waals surface area (Å²) in [4.78, 5) is 26.2. The summed E-state index contributed by atoms with van der Waals surface area (Å²) in [5.74, 6) is 0.444. The lowest BCUT2D eigenvalue weighted by Gasteiger charge is -2.12. The molecule has 152 valence electrons. The molecule has 0 bridgehead atoms. The van der Waals surface area contributed by atoms with E-state index in [0.29, 0.717) is 17.7 Å². The molecule has 0 saturated heterocycles. The maximum atomic E-state index is 13.0. The summed E-state index contributed by atoms with van der Waals surface area (Å²) in [7, 11) is 3.36. The quantitative estimate of drug-likeness (QED) is 0.533. The molecule has 8 heteroatoms. The van der Waals surface area contributed by atoms with Gasteiger partial charge in [-0.25, -0.2) is 4.68 Å². The number of likely N-dealkylation sites (N-methyl/N-ethyl adjacent to an activating group) is 1. The Labute approximate surface area is 172 Å². The number of ether oxygens (including phenoxy) is 1. The van der Waals surface area contributed by atoms with Gasteiger partial charge in [-0.15, -0.1) is 0 Å². The lowest BCUT2D eigenvalue weighted by molar-refractivity contribution is -0.130. The summed E-state index contributed by atoms with van der Waals surface area (Å²) in [6.07, 6.45) is 5.19. The highest BCUT2D eigenvalue weighted by atomic mass is 16.5. The van der Waals surface area contributed by atoms with Crippen molar-refractivity contribution in [2.75, 3.05) is 20.7 Å². The second-order valence-corrected chi connectivity index (χ2v) is 7.12. The highest BCUT2D eigenvalue weighted by molar-refractivity contribution is 5.85. The van der Waals surface area contributed by atoms with Crippen LogP contribution < -0.4 is 10.3 Å². The van der Waals surface area contributed by atoms with Crippen molar-refractivity contribution in [1.29, 1.82) is 0 Å². The van der Waals surface area contributed by atoms with E-state index in [9.17, 15) is 9.59 Å². The molecule has 0 saturated carbocycles. The molecule has 0 fully saturated rings. The lowest BCUT2D eigenvalue weighted by atomic mass is 10.1. The number of benzene rings is 2. The molecule has 0 aliphatic heterocycles. The van der Waals surface area contributed by atoms with Crippen LogP contribution in [0.1, 0.15) is 5.56 Å². The first-order valence-electron chi connectivity index (χ1n) is 9.42. The van der Waals surface area contributed by atoms with E-state index in [1.165, 1.54) is 9.58 Å². The number of hydrogen-bond donors (Lipinski definition) is 1. The van der Waals surface area contributed by atoms with Gasteiger partial charge in [0.25, 0.3) is 11.5 Å². The summed E-state index contributed by atoms with van der Waals surface area (Å²) in [5.41, 5.74) is 2.50. The molecule has 2 heterocycles. The zero-order valence-electron chi connectivity index (χ0n) is 16.7. The number of aromatic nitrogens is 4. The number of aromatic amines is 1. The molecule has 0 aliphatic rings. The minimum Gasteiger partial charge on any atom is -0.484 e. The highest BCUT2D eigenvalue weighted by Crippen LogP contribution is 2.21. The van der Waals surface area contributed by atoms with Crippen LogP contribution in [0.4, 0.5) is 0 Å². The van der Waals surface area contributed by atoms with Crippen molar-refractivity contribution in [3.05, 3.63) is 77.0 Å². The fraction of sp³-hybridized carbons (Fsp3) is 0.182. The Morgan fingerprint density at radius 2 is 2.00 bits per heavy atom. The van der Waals surface area contributed by atoms with Crippen molar-refractivity contribution in [3.8, 4) is 16.9 Å². The number of carbonyl (C=O) groups excluding carboxylic acids is 1. The monoisotopic (exact) mass is 403 g/mol. The van der Waals surface area contributed by atoms with E-state index in [1.807, 2.05) is 36.4 Å². The van der Waals surface area contributed by atoms with E-state index in [-0.39, 0.29) is 18.1 Å². The molecule has 0 atom stereocenters. The van der Waals surface area contributed by atoms with E-state index in [1.54, 1.807) is 38.8 Å². The topological polar surface area (TPSA) is 93.1 Å². The zero-order valence-corrected chi connectivity index (χ0v) is 16.7. The average molecular weight is 403 g/mol. The van der Waals surface area contributed by atoms with Gasteiger partial charge >= 0.3 is 0 Å². The van der Waals surface area contributed by atoms with E-state index in [0.717, 1.165) is 22.1 Å². The van der Waals surface area contributed by atoms with Gasteiger partial charge in [-0.05, 0) is 29.3 Å². The number of nitrogens with zero attached hydrogens (tertiary/aromatic N) is 4. The molecule has 0 radical (unpaired) electrons. The third-order valence-corrected chi connectivity index (χ3v) is 4.78. The van der Waals surface area contributed by atoms with Crippen molar-refractivity contribution < 1.29 is 9.53 Å². The van der Waals surface area contributed by atoms with Gasteiger partial charge in [0, 0.05) is 31.2 Å². The molecule has 2 aromatic carbocycles. The van der Waals surface area contributed by atoms with E-state index in [2.05, 4.69) is 15.3 Å². The largest absolute Gasteiger partial charge is 0.484 e. The second-order valence-electron chi connectivity index (χ2n) is 7.12. The molecule has 1 amide bonds. The van der Waals surface area contributed by atoms with Crippen LogP contribution in [0, 0.1) is 0 Å². The van der Waals surface area contributed by atoms with E-state index >= 15 is 0 Å². The van der Waals surface area contributed by atoms with Crippen LogP contribution in [0.2, 0.25) is 0 Å². The molecular formula is C22H21N5O3. The average Bonchev–Trinajstić information content (AvgIpc) is 3.29. The smallest absolute Gasteiger partial charge is 0.274 e. The predicted molar refractivity (Wildman–Crippen MR) is 113 cm³/mol. The van der Waals surface area contributed by atoms with Crippen molar-refractivity contribution >= 4 is 16.7 Å². The third-order valence-electron chi connectivity index (χ3n) is 4.78. The molecule has 0 unspecified atom stereocenters. The van der Waals surface area contributed by atoms with Gasteiger partial charge in [0.1, 0.15) is 5.75 Å². The Hall–Kier alpha value is -3.94. The molecule has 4 aromatic rings. The van der Waals surface area contributed by atoms with Crippen LogP contribution in [0.25, 0.3) is 21.9 Å². The zero-order chi connectivity index (χ0) is 21.1. The molecule has 1 N–H and O–H groups in total. The summed E-state index contributed by atoms with van der Waals surface area (Å²) in [5, 5.41) is 12.4. The first kappa shape index (κ1) is 19.4. The highest BCUT2D eigenvalue weighted by Gasteiger charge is 2.09. The standard InChI is InChI=1S/C22H21N5O3/c1-26(2)21(28)14-30-19-5-3-4-15(8-19)13-27-22(29)20-9-16(18-10-23-24-11-18)6-7-17(20)12-25-27/h3-12H,13-14H2,1-2H3,(H,23,24). The molecule has 4 rings (SSSR count). The molecule has 0 aliphatic carbocycles. The number of amides is 1. The number of H-pyrrole nitrogens is 1. The van der Waals surface area contributed by atoms with Crippen molar-refractivity contribution in [1.82, 2.24) is 24.9 Å². The number of fused-ring (bicyclic) bond motifs is 1. The minimum absolute atomic E-state index is 0.0403. The van der Waals surface area contributed by atoms with Gasteiger partial charge in [0.15, 0.2) is 6.61 Å². The second kappa shape index (κ2) is 8.20. The Morgan fingerprint density at radius 1 is 1.13 bits per heavy atom. The molecule has 8 nitrogen and oxygen atoms in total. The predicted octanol–water partition coefficient (Wildman–Crippen LogP) is 2.30. The summed E-state index contributed by atoms with van der Waals surface area (Å²) >= 11 is 0. The van der Waals surface area contributed by atoms with Gasteiger partial charge in [-0.2, -0.15) is 10.2 Å². The fourth-order valence-corrected chi connectivity index (χ4v) is 3.06.